The molecule has 1 amide bonds. The van der Waals surface area contributed by atoms with Gasteiger partial charge in [-0.25, -0.2) is 9.37 Å². The number of nitrogens with zero attached hydrogens (tertiary/aromatic N) is 3. The molecule has 0 radical (unpaired) electrons. The number of anilines is 1. The van der Waals surface area contributed by atoms with Crippen LogP contribution in [-0.2, 0) is 0 Å². The van der Waals surface area contributed by atoms with Gasteiger partial charge in [-0.3, -0.25) is 4.79 Å². The Morgan fingerprint density at radius 3 is 2.67 bits per heavy atom. The van der Waals surface area contributed by atoms with Crippen LogP contribution in [0.3, 0.4) is 0 Å². The van der Waals surface area contributed by atoms with Gasteiger partial charge < -0.3 is 15.8 Å². The van der Waals surface area contributed by atoms with Crippen molar-refractivity contribution in [1.29, 1.82) is 0 Å². The number of halogens is 1. The molecule has 21 heavy (non-hydrogen) atoms. The van der Waals surface area contributed by atoms with E-state index in [-0.39, 0.29) is 11.5 Å². The molecule has 0 spiro atoms. The van der Waals surface area contributed by atoms with Crippen LogP contribution in [0.25, 0.3) is 0 Å². The molecule has 0 aliphatic heterocycles. The van der Waals surface area contributed by atoms with E-state index in [0.29, 0.717) is 11.3 Å². The predicted molar refractivity (Wildman–Crippen MR) is 75.9 cm³/mol. The number of carbonyl (C=O) groups is 1. The fourth-order valence-corrected chi connectivity index (χ4v) is 1.82. The number of aromatic nitrogens is 1. The van der Waals surface area contributed by atoms with E-state index >= 15 is 0 Å². The summed E-state index contributed by atoms with van der Waals surface area (Å²) in [4.78, 5) is 17.4. The fraction of sp³-hybridized carbons (Fsp3) is 0.0714. The number of para-hydroxylation sites is 1. The van der Waals surface area contributed by atoms with Gasteiger partial charge in [-0.05, 0) is 24.3 Å². The second-order valence-corrected chi connectivity index (χ2v) is 4.23. The van der Waals surface area contributed by atoms with Crippen LogP contribution in [0.5, 0.6) is 0 Å². The topological polar surface area (TPSA) is 91.8 Å². The SMILES string of the molecule is CN(C(=O)c1ccc(F)cn1)c1ccccc1/C(N)=N/O. The van der Waals surface area contributed by atoms with Crippen LogP contribution in [0.15, 0.2) is 47.8 Å². The normalized spacial score (nSPS) is 11.2. The van der Waals surface area contributed by atoms with Gasteiger partial charge in [0.2, 0.25) is 0 Å². The minimum absolute atomic E-state index is 0.0909. The second kappa shape index (κ2) is 6.00. The highest BCUT2D eigenvalue weighted by Crippen LogP contribution is 2.20. The number of pyridine rings is 1. The standard InChI is InChI=1S/C14H13FN4O2/c1-19(14(20)11-7-6-9(15)8-17-11)12-5-3-2-4-10(12)13(16)18-21/h2-8,21H,1H3,(H2,16,18). The molecule has 1 heterocycles. The zero-order valence-electron chi connectivity index (χ0n) is 11.2. The molecule has 7 heteroatoms. The lowest BCUT2D eigenvalue weighted by Gasteiger charge is -2.19. The molecule has 2 rings (SSSR count). The first-order valence-electron chi connectivity index (χ1n) is 6.01. The van der Waals surface area contributed by atoms with Crippen LogP contribution < -0.4 is 10.6 Å². The van der Waals surface area contributed by atoms with Gasteiger partial charge >= 0.3 is 0 Å². The van der Waals surface area contributed by atoms with Crippen molar-refractivity contribution in [3.05, 3.63) is 59.7 Å². The third kappa shape index (κ3) is 2.97. The molecule has 108 valence electrons. The van der Waals surface area contributed by atoms with Crippen LogP contribution in [0.2, 0.25) is 0 Å². The lowest BCUT2D eigenvalue weighted by atomic mass is 10.1. The number of amides is 1. The smallest absolute Gasteiger partial charge is 0.276 e. The Kier molecular flexibility index (Phi) is 4.13. The minimum atomic E-state index is -0.522. The molecule has 0 saturated carbocycles. The Morgan fingerprint density at radius 1 is 1.33 bits per heavy atom. The lowest BCUT2D eigenvalue weighted by molar-refractivity contribution is 0.0988. The molecule has 0 unspecified atom stereocenters. The molecule has 0 atom stereocenters. The highest BCUT2D eigenvalue weighted by atomic mass is 19.1. The number of carbonyl (C=O) groups excluding carboxylic acids is 1. The molecule has 1 aromatic carbocycles. The zero-order chi connectivity index (χ0) is 15.4. The number of nitrogens with two attached hydrogens (primary N) is 1. The van der Waals surface area contributed by atoms with Crippen molar-refractivity contribution in [3.8, 4) is 0 Å². The molecule has 3 N–H and O–H groups in total. The van der Waals surface area contributed by atoms with Crippen molar-refractivity contribution in [2.45, 2.75) is 0 Å². The number of hydrogen-bond donors (Lipinski definition) is 2. The highest BCUT2D eigenvalue weighted by Gasteiger charge is 2.18. The number of hydrogen-bond acceptors (Lipinski definition) is 4. The maximum absolute atomic E-state index is 12.8. The van der Waals surface area contributed by atoms with E-state index in [1.54, 1.807) is 24.3 Å². The first-order valence-corrected chi connectivity index (χ1v) is 6.01. The summed E-state index contributed by atoms with van der Waals surface area (Å²) in [6, 6.07) is 9.13. The van der Waals surface area contributed by atoms with Crippen LogP contribution in [0.4, 0.5) is 10.1 Å². The maximum atomic E-state index is 12.8. The third-order valence-electron chi connectivity index (χ3n) is 2.90. The van der Waals surface area contributed by atoms with Crippen LogP contribution in [0, 0.1) is 5.82 Å². The Bertz CT molecular complexity index is 686. The molecule has 0 bridgehead atoms. The number of benzene rings is 1. The van der Waals surface area contributed by atoms with Crippen molar-refractivity contribution >= 4 is 17.4 Å². The Morgan fingerprint density at radius 2 is 2.05 bits per heavy atom. The number of amidine groups is 1. The van der Waals surface area contributed by atoms with Crippen molar-refractivity contribution < 1.29 is 14.4 Å². The first-order chi connectivity index (χ1) is 10.0. The van der Waals surface area contributed by atoms with Crippen LogP contribution in [0.1, 0.15) is 16.1 Å². The van der Waals surface area contributed by atoms with Gasteiger partial charge in [0.05, 0.1) is 11.9 Å². The van der Waals surface area contributed by atoms with Gasteiger partial charge in [0.25, 0.3) is 5.91 Å². The molecule has 2 aromatic rings. The van der Waals surface area contributed by atoms with Crippen LogP contribution in [-0.4, -0.2) is 29.0 Å². The quantitative estimate of drug-likeness (QED) is 0.388. The van der Waals surface area contributed by atoms with E-state index in [2.05, 4.69) is 10.1 Å². The van der Waals surface area contributed by atoms with E-state index in [0.717, 1.165) is 12.3 Å². The summed E-state index contributed by atoms with van der Waals surface area (Å²) in [6.45, 7) is 0. The van der Waals surface area contributed by atoms with Gasteiger partial charge in [0.15, 0.2) is 5.84 Å². The first kappa shape index (κ1) is 14.4. The van der Waals surface area contributed by atoms with Gasteiger partial charge in [-0.2, -0.15) is 0 Å². The Labute approximate surface area is 120 Å². The number of oxime groups is 1. The van der Waals surface area contributed by atoms with Gasteiger partial charge in [0.1, 0.15) is 11.5 Å². The van der Waals surface area contributed by atoms with E-state index in [4.69, 9.17) is 10.9 Å². The highest BCUT2D eigenvalue weighted by molar-refractivity contribution is 6.10. The van der Waals surface area contributed by atoms with Crippen LogP contribution >= 0.6 is 0 Å². The minimum Gasteiger partial charge on any atom is -0.409 e. The summed E-state index contributed by atoms with van der Waals surface area (Å²) >= 11 is 0. The molecule has 0 fully saturated rings. The second-order valence-electron chi connectivity index (χ2n) is 4.23. The van der Waals surface area contributed by atoms with Crippen molar-refractivity contribution in [1.82, 2.24) is 4.98 Å². The lowest BCUT2D eigenvalue weighted by Crippen LogP contribution is -2.29. The Hall–Kier alpha value is -2.96. The zero-order valence-corrected chi connectivity index (χ0v) is 11.2. The molecule has 1 aromatic heterocycles. The van der Waals surface area contributed by atoms with Gasteiger partial charge in [-0.1, -0.05) is 17.3 Å². The summed E-state index contributed by atoms with van der Waals surface area (Å²) in [6.07, 6.45) is 0.969. The van der Waals surface area contributed by atoms with E-state index < -0.39 is 11.7 Å². The van der Waals surface area contributed by atoms with Crippen molar-refractivity contribution in [2.24, 2.45) is 10.9 Å². The average Bonchev–Trinajstić information content (AvgIpc) is 2.53. The molecular formula is C14H13FN4O2. The van der Waals surface area contributed by atoms with E-state index in [1.165, 1.54) is 18.0 Å². The molecular weight excluding hydrogens is 275 g/mol. The Balaban J connectivity index is 2.38. The molecule has 0 saturated heterocycles. The summed E-state index contributed by atoms with van der Waals surface area (Å²) in [5.74, 6) is -1.07. The summed E-state index contributed by atoms with van der Waals surface area (Å²) in [5, 5.41) is 11.7. The summed E-state index contributed by atoms with van der Waals surface area (Å²) < 4.78 is 12.8. The van der Waals surface area contributed by atoms with E-state index in [1.807, 2.05) is 0 Å². The average molecular weight is 288 g/mol. The maximum Gasteiger partial charge on any atom is 0.276 e. The summed E-state index contributed by atoms with van der Waals surface area (Å²) in [7, 11) is 1.52. The predicted octanol–water partition coefficient (Wildman–Crippen LogP) is 1.59. The third-order valence-corrected chi connectivity index (χ3v) is 2.90. The number of rotatable bonds is 3. The molecule has 6 nitrogen and oxygen atoms in total. The molecule has 0 aliphatic carbocycles. The van der Waals surface area contributed by atoms with Gasteiger partial charge in [0, 0.05) is 12.6 Å². The van der Waals surface area contributed by atoms with Gasteiger partial charge in [-0.15, -0.1) is 0 Å². The largest absolute Gasteiger partial charge is 0.409 e. The monoisotopic (exact) mass is 288 g/mol. The van der Waals surface area contributed by atoms with Crippen molar-refractivity contribution in [3.63, 3.8) is 0 Å². The fourth-order valence-electron chi connectivity index (χ4n) is 1.82. The van der Waals surface area contributed by atoms with E-state index in [9.17, 15) is 9.18 Å². The molecule has 0 aliphatic rings. The van der Waals surface area contributed by atoms with Crippen molar-refractivity contribution in [2.75, 3.05) is 11.9 Å². The summed E-state index contributed by atoms with van der Waals surface area (Å²) in [5.41, 5.74) is 6.53.